The number of rotatable bonds is 2. The van der Waals surface area contributed by atoms with Crippen LogP contribution in [0.3, 0.4) is 0 Å². The second-order valence-electron chi connectivity index (χ2n) is 4.37. The minimum absolute atomic E-state index is 0.337. The van der Waals surface area contributed by atoms with Gasteiger partial charge >= 0.3 is 0 Å². The molecule has 0 saturated carbocycles. The average molecular weight is 207 g/mol. The molecule has 0 fully saturated rings. The highest BCUT2D eigenvalue weighted by molar-refractivity contribution is 5.78. The molecule has 15 heavy (non-hydrogen) atoms. The van der Waals surface area contributed by atoms with Crippen molar-refractivity contribution in [2.75, 3.05) is 0 Å². The van der Waals surface area contributed by atoms with E-state index in [0.717, 1.165) is 5.56 Å². The van der Waals surface area contributed by atoms with Crippen LogP contribution in [0.5, 0.6) is 0 Å². The molecule has 0 aliphatic rings. The van der Waals surface area contributed by atoms with Crippen LogP contribution in [0.2, 0.25) is 0 Å². The van der Waals surface area contributed by atoms with Gasteiger partial charge in [-0.15, -0.1) is 0 Å². The van der Waals surface area contributed by atoms with Gasteiger partial charge in [-0.2, -0.15) is 0 Å². The molecule has 1 N–H and O–H groups in total. The maximum absolute atomic E-state index is 8.81. The Morgan fingerprint density at radius 3 is 2.33 bits per heavy atom. The molecular formula is C12H17NO2. The van der Waals surface area contributed by atoms with Gasteiger partial charge in [-0.3, -0.25) is 0 Å². The Morgan fingerprint density at radius 2 is 1.87 bits per heavy atom. The third-order valence-electron chi connectivity index (χ3n) is 1.73. The van der Waals surface area contributed by atoms with E-state index in [1.807, 2.05) is 51.1 Å². The van der Waals surface area contributed by atoms with Crippen LogP contribution in [0.4, 0.5) is 0 Å². The lowest BCUT2D eigenvalue weighted by atomic mass is 10.1. The molecular weight excluding hydrogens is 190 g/mol. The topological polar surface area (TPSA) is 41.8 Å². The first-order valence-electron chi connectivity index (χ1n) is 4.95. The van der Waals surface area contributed by atoms with E-state index in [0.29, 0.717) is 12.3 Å². The summed E-state index contributed by atoms with van der Waals surface area (Å²) < 4.78 is 5.49. The Labute approximate surface area is 90.4 Å². The van der Waals surface area contributed by atoms with Gasteiger partial charge in [-0.05, 0) is 26.3 Å². The Kier molecular flexibility index (Phi) is 3.72. The summed E-state index contributed by atoms with van der Waals surface area (Å²) >= 11 is 0. The molecule has 0 amide bonds. The Balaban J connectivity index is 2.64. The zero-order chi connectivity index (χ0) is 11.3. The van der Waals surface area contributed by atoms with Crippen LogP contribution in [0.25, 0.3) is 0 Å². The molecule has 3 nitrogen and oxygen atoms in total. The molecule has 0 aromatic heterocycles. The quantitative estimate of drug-likeness (QED) is 0.350. The van der Waals surface area contributed by atoms with E-state index in [-0.39, 0.29) is 5.60 Å². The smallest absolute Gasteiger partial charge is 0.230 e. The minimum Gasteiger partial charge on any atom is -0.473 e. The second-order valence-corrected chi connectivity index (χ2v) is 4.37. The lowest BCUT2D eigenvalue weighted by Crippen LogP contribution is -2.25. The summed E-state index contributed by atoms with van der Waals surface area (Å²) in [5, 5.41) is 12.0. The molecule has 0 heterocycles. The van der Waals surface area contributed by atoms with E-state index in [4.69, 9.17) is 9.94 Å². The van der Waals surface area contributed by atoms with Crippen LogP contribution < -0.4 is 0 Å². The molecule has 1 aromatic rings. The monoisotopic (exact) mass is 207 g/mol. The van der Waals surface area contributed by atoms with Gasteiger partial charge in [0.2, 0.25) is 5.90 Å². The van der Waals surface area contributed by atoms with Crippen LogP contribution in [0.1, 0.15) is 26.3 Å². The first kappa shape index (κ1) is 11.6. The predicted molar refractivity (Wildman–Crippen MR) is 60.2 cm³/mol. The van der Waals surface area contributed by atoms with Crippen LogP contribution >= 0.6 is 0 Å². The molecule has 1 rings (SSSR count). The summed E-state index contributed by atoms with van der Waals surface area (Å²) in [4.78, 5) is 0. The van der Waals surface area contributed by atoms with E-state index in [9.17, 15) is 0 Å². The van der Waals surface area contributed by atoms with E-state index in [1.54, 1.807) is 0 Å². The van der Waals surface area contributed by atoms with Gasteiger partial charge in [0.1, 0.15) is 5.60 Å². The first-order chi connectivity index (χ1) is 7.01. The highest BCUT2D eigenvalue weighted by atomic mass is 16.5. The van der Waals surface area contributed by atoms with Gasteiger partial charge in [0, 0.05) is 0 Å². The molecule has 0 saturated heterocycles. The Morgan fingerprint density at radius 1 is 1.27 bits per heavy atom. The van der Waals surface area contributed by atoms with Crippen molar-refractivity contribution < 1.29 is 9.94 Å². The van der Waals surface area contributed by atoms with Gasteiger partial charge in [0.25, 0.3) is 0 Å². The van der Waals surface area contributed by atoms with Crippen LogP contribution in [0.15, 0.2) is 35.5 Å². The largest absolute Gasteiger partial charge is 0.473 e. The van der Waals surface area contributed by atoms with Crippen molar-refractivity contribution >= 4 is 5.90 Å². The van der Waals surface area contributed by atoms with Crippen molar-refractivity contribution in [3.05, 3.63) is 35.9 Å². The van der Waals surface area contributed by atoms with Gasteiger partial charge in [-0.1, -0.05) is 35.5 Å². The first-order valence-corrected chi connectivity index (χ1v) is 4.95. The summed E-state index contributed by atoms with van der Waals surface area (Å²) in [6, 6.07) is 9.78. The number of benzene rings is 1. The van der Waals surface area contributed by atoms with Gasteiger partial charge in [0.05, 0.1) is 6.42 Å². The molecule has 82 valence electrons. The summed E-state index contributed by atoms with van der Waals surface area (Å²) in [5.74, 6) is 0.341. The standard InChI is InChI=1S/C12H17NO2/c1-12(2,3)15-11(13-14)9-10-7-5-4-6-8-10/h4-8,14H,9H2,1-3H3. The highest BCUT2D eigenvalue weighted by Crippen LogP contribution is 2.10. The highest BCUT2D eigenvalue weighted by Gasteiger charge is 2.15. The van der Waals surface area contributed by atoms with Gasteiger partial charge in [0.15, 0.2) is 0 Å². The molecule has 1 aromatic carbocycles. The van der Waals surface area contributed by atoms with Crippen LogP contribution in [-0.2, 0) is 11.2 Å². The average Bonchev–Trinajstić information content (AvgIpc) is 2.16. The Bertz CT molecular complexity index is 325. The maximum atomic E-state index is 8.81. The van der Waals surface area contributed by atoms with Crippen molar-refractivity contribution in [1.82, 2.24) is 0 Å². The molecule has 3 heteroatoms. The van der Waals surface area contributed by atoms with E-state index in [1.165, 1.54) is 0 Å². The second kappa shape index (κ2) is 4.82. The van der Waals surface area contributed by atoms with Crippen molar-refractivity contribution in [1.29, 1.82) is 0 Å². The molecule has 0 bridgehead atoms. The lowest BCUT2D eigenvalue weighted by molar-refractivity contribution is 0.104. The molecule has 0 aliphatic heterocycles. The number of oxime groups is 1. The zero-order valence-electron chi connectivity index (χ0n) is 9.40. The maximum Gasteiger partial charge on any atom is 0.230 e. The van der Waals surface area contributed by atoms with E-state index in [2.05, 4.69) is 5.16 Å². The zero-order valence-corrected chi connectivity index (χ0v) is 9.40. The number of hydrogen-bond donors (Lipinski definition) is 1. The van der Waals surface area contributed by atoms with Crippen molar-refractivity contribution in [3.8, 4) is 0 Å². The van der Waals surface area contributed by atoms with E-state index >= 15 is 0 Å². The normalized spacial score (nSPS) is 12.6. The SMILES string of the molecule is CC(C)(C)OC(Cc1ccccc1)=NO. The predicted octanol–water partition coefficient (Wildman–Crippen LogP) is 2.83. The summed E-state index contributed by atoms with van der Waals surface area (Å²) in [5.41, 5.74) is 0.727. The third-order valence-corrected chi connectivity index (χ3v) is 1.73. The fourth-order valence-corrected chi connectivity index (χ4v) is 1.22. The van der Waals surface area contributed by atoms with Gasteiger partial charge in [-0.25, -0.2) is 0 Å². The van der Waals surface area contributed by atoms with Crippen molar-refractivity contribution in [2.24, 2.45) is 5.16 Å². The van der Waals surface area contributed by atoms with Crippen molar-refractivity contribution in [2.45, 2.75) is 32.8 Å². The minimum atomic E-state index is -0.337. The van der Waals surface area contributed by atoms with E-state index < -0.39 is 0 Å². The number of hydrogen-bond acceptors (Lipinski definition) is 3. The summed E-state index contributed by atoms with van der Waals surface area (Å²) in [6.07, 6.45) is 0.509. The number of ether oxygens (including phenoxy) is 1. The molecule has 0 atom stereocenters. The molecule has 0 unspecified atom stereocenters. The lowest BCUT2D eigenvalue weighted by Gasteiger charge is -2.21. The van der Waals surface area contributed by atoms with Crippen LogP contribution in [-0.4, -0.2) is 16.7 Å². The molecule has 0 spiro atoms. The van der Waals surface area contributed by atoms with Crippen LogP contribution in [0, 0.1) is 0 Å². The third kappa shape index (κ3) is 4.49. The Hall–Kier alpha value is -1.51. The number of nitrogens with zero attached hydrogens (tertiary/aromatic N) is 1. The summed E-state index contributed by atoms with van der Waals surface area (Å²) in [7, 11) is 0. The summed E-state index contributed by atoms with van der Waals surface area (Å²) in [6.45, 7) is 5.76. The molecule has 0 radical (unpaired) electrons. The van der Waals surface area contributed by atoms with Crippen molar-refractivity contribution in [3.63, 3.8) is 0 Å². The fraction of sp³-hybridized carbons (Fsp3) is 0.417. The molecule has 0 aliphatic carbocycles. The van der Waals surface area contributed by atoms with Gasteiger partial charge < -0.3 is 9.94 Å². The fourth-order valence-electron chi connectivity index (χ4n) is 1.22.